The third-order valence-electron chi connectivity index (χ3n) is 6.76. The van der Waals surface area contributed by atoms with Gasteiger partial charge in [0, 0.05) is 4.90 Å². The van der Waals surface area contributed by atoms with E-state index in [1.165, 1.54) is 0 Å². The van der Waals surface area contributed by atoms with Crippen molar-refractivity contribution in [2.75, 3.05) is 12.4 Å². The summed E-state index contributed by atoms with van der Waals surface area (Å²) in [6, 6.07) is 28.0. The van der Waals surface area contributed by atoms with E-state index < -0.39 is 35.6 Å². The zero-order chi connectivity index (χ0) is 26.6. The minimum Gasteiger partial charge on any atom is -0.406 e. The summed E-state index contributed by atoms with van der Waals surface area (Å²) in [6.07, 6.45) is -1.22. The van der Waals surface area contributed by atoms with Gasteiger partial charge in [0.1, 0.15) is 5.60 Å². The molecule has 4 atom stereocenters. The number of hydrogen-bond donors (Lipinski definition) is 2. The Balaban J connectivity index is 1.85. The number of aryl methyl sites for hydroxylation is 1. The molecule has 0 aliphatic rings. The van der Waals surface area contributed by atoms with Crippen molar-refractivity contribution in [1.82, 2.24) is 0 Å². The van der Waals surface area contributed by atoms with Crippen LogP contribution in [0.4, 0.5) is 0 Å². The first-order chi connectivity index (χ1) is 16.9. The molecule has 0 saturated carbocycles. The Kier molecular flexibility index (Phi) is 9.52. The van der Waals surface area contributed by atoms with Gasteiger partial charge in [-0.2, -0.15) is 0 Å². The lowest BCUT2D eigenvalue weighted by molar-refractivity contribution is -0.0557. The number of alkyl halides is 1. The molecular weight excluding hydrogens is 552 g/mol. The van der Waals surface area contributed by atoms with Crippen LogP contribution in [0.15, 0.2) is 89.8 Å². The van der Waals surface area contributed by atoms with Crippen LogP contribution in [0.2, 0.25) is 5.04 Å². The Hall–Kier alpha value is -1.61. The average molecular weight is 590 g/mol. The van der Waals surface area contributed by atoms with Gasteiger partial charge < -0.3 is 14.6 Å². The molecule has 1 unspecified atom stereocenters. The van der Waals surface area contributed by atoms with Crippen molar-refractivity contribution in [3.8, 4) is 0 Å². The summed E-state index contributed by atoms with van der Waals surface area (Å²) < 4.78 is 19.8. The number of halogens is 1. The highest BCUT2D eigenvalue weighted by Crippen LogP contribution is 2.37. The highest BCUT2D eigenvalue weighted by molar-refractivity contribution is 9.09. The highest BCUT2D eigenvalue weighted by Gasteiger charge is 2.51. The average Bonchev–Trinajstić information content (AvgIpc) is 2.85. The third-order valence-corrected chi connectivity index (χ3v) is 14.4. The number of rotatable bonds is 10. The van der Waals surface area contributed by atoms with E-state index in [2.05, 4.69) is 61.0 Å². The summed E-state index contributed by atoms with van der Waals surface area (Å²) in [5.74, 6) is -0.0720. The van der Waals surface area contributed by atoms with E-state index in [0.717, 1.165) is 15.9 Å². The Morgan fingerprint density at radius 1 is 0.889 bits per heavy atom. The fraction of sp³-hybridized carbons (Fsp3) is 0.379. The molecule has 4 nitrogen and oxygen atoms in total. The second-order valence-electron chi connectivity index (χ2n) is 10.5. The van der Waals surface area contributed by atoms with Crippen molar-refractivity contribution >= 4 is 45.4 Å². The molecule has 36 heavy (non-hydrogen) atoms. The van der Waals surface area contributed by atoms with Gasteiger partial charge in [-0.15, -0.1) is 0 Å². The van der Waals surface area contributed by atoms with E-state index in [9.17, 15) is 14.4 Å². The summed E-state index contributed by atoms with van der Waals surface area (Å²) in [4.78, 5) is 0.0433. The minimum absolute atomic E-state index is 0.0720. The first kappa shape index (κ1) is 29.0. The minimum atomic E-state index is -2.80. The van der Waals surface area contributed by atoms with Crippen LogP contribution in [-0.2, 0) is 15.2 Å². The van der Waals surface area contributed by atoms with Crippen LogP contribution in [0.5, 0.6) is 0 Å². The van der Waals surface area contributed by atoms with Gasteiger partial charge in [0.15, 0.2) is 0 Å². The summed E-state index contributed by atoms with van der Waals surface area (Å²) in [5.41, 5.74) is -0.490. The second kappa shape index (κ2) is 11.8. The van der Waals surface area contributed by atoms with Gasteiger partial charge in [-0.1, -0.05) is 115 Å². The Labute approximate surface area is 227 Å². The molecule has 0 aromatic heterocycles. The maximum Gasteiger partial charge on any atom is 0.261 e. The van der Waals surface area contributed by atoms with Crippen LogP contribution in [0, 0.1) is 6.92 Å². The first-order valence-electron chi connectivity index (χ1n) is 12.1. The van der Waals surface area contributed by atoms with Gasteiger partial charge in [0.25, 0.3) is 8.32 Å². The van der Waals surface area contributed by atoms with Crippen LogP contribution in [0.3, 0.4) is 0 Å². The van der Waals surface area contributed by atoms with Gasteiger partial charge in [-0.25, -0.2) is 0 Å². The maximum atomic E-state index is 12.9. The Bertz CT molecular complexity index is 1090. The van der Waals surface area contributed by atoms with E-state index >= 15 is 0 Å². The summed E-state index contributed by atoms with van der Waals surface area (Å²) in [7, 11) is -4.24. The van der Waals surface area contributed by atoms with Crippen LogP contribution < -0.4 is 10.4 Å². The molecule has 3 aromatic rings. The van der Waals surface area contributed by atoms with E-state index in [-0.39, 0.29) is 17.4 Å². The molecule has 0 heterocycles. The van der Waals surface area contributed by atoms with Crippen molar-refractivity contribution in [2.45, 2.75) is 61.1 Å². The molecule has 0 bridgehead atoms. The van der Waals surface area contributed by atoms with Crippen LogP contribution in [0.25, 0.3) is 0 Å². The molecule has 3 aromatic carbocycles. The summed E-state index contributed by atoms with van der Waals surface area (Å²) >= 11 is 3.61. The SMILES string of the molecule is Cc1ccc(S(=O)C[C@@H](O)[C@@](C)(O)[C@H](Br)CO[Si](c2ccccc2)(c2ccccc2)C(C)(C)C)cc1. The van der Waals surface area contributed by atoms with Crippen molar-refractivity contribution < 1.29 is 18.8 Å². The molecule has 0 aliphatic heterocycles. The molecule has 0 radical (unpaired) electrons. The van der Waals surface area contributed by atoms with E-state index in [1.54, 1.807) is 19.1 Å². The summed E-state index contributed by atoms with van der Waals surface area (Å²) in [6.45, 7) is 10.3. The monoisotopic (exact) mass is 588 g/mol. The van der Waals surface area contributed by atoms with Crippen molar-refractivity contribution in [3.05, 3.63) is 90.5 Å². The van der Waals surface area contributed by atoms with Crippen molar-refractivity contribution in [3.63, 3.8) is 0 Å². The Morgan fingerprint density at radius 3 is 1.81 bits per heavy atom. The number of aliphatic hydroxyl groups is 2. The molecule has 2 N–H and O–H groups in total. The molecule has 194 valence electrons. The zero-order valence-corrected chi connectivity index (χ0v) is 25.1. The highest BCUT2D eigenvalue weighted by atomic mass is 79.9. The molecule has 0 spiro atoms. The van der Waals surface area contributed by atoms with Crippen LogP contribution in [0.1, 0.15) is 33.3 Å². The maximum absolute atomic E-state index is 12.9. The molecule has 0 amide bonds. The number of aliphatic hydroxyl groups excluding tert-OH is 1. The van der Waals surface area contributed by atoms with Gasteiger partial charge in [0.2, 0.25) is 0 Å². The van der Waals surface area contributed by atoms with E-state index in [0.29, 0.717) is 4.90 Å². The third kappa shape index (κ3) is 6.26. The van der Waals surface area contributed by atoms with Crippen LogP contribution >= 0.6 is 15.9 Å². The molecule has 3 rings (SSSR count). The quantitative estimate of drug-likeness (QED) is 0.269. The van der Waals surface area contributed by atoms with E-state index in [4.69, 9.17) is 4.43 Å². The predicted octanol–water partition coefficient (Wildman–Crippen LogP) is 4.55. The lowest BCUT2D eigenvalue weighted by Crippen LogP contribution is -2.67. The topological polar surface area (TPSA) is 66.8 Å². The van der Waals surface area contributed by atoms with Crippen molar-refractivity contribution in [1.29, 1.82) is 0 Å². The van der Waals surface area contributed by atoms with Crippen LogP contribution in [-0.4, -0.2) is 51.6 Å². The fourth-order valence-corrected chi connectivity index (χ4v) is 10.9. The molecular formula is C29H37BrO4SSi. The largest absolute Gasteiger partial charge is 0.406 e. The van der Waals surface area contributed by atoms with Gasteiger partial charge in [-0.3, -0.25) is 4.21 Å². The summed E-state index contributed by atoms with van der Waals surface area (Å²) in [5, 5.41) is 24.4. The standard InChI is InChI=1S/C29H37BrO4SSi/c1-22-16-18-23(19-17-22)35(33)21-27(31)29(5,32)26(30)20-34-36(28(2,3)4,24-12-8-6-9-13-24)25-14-10-7-11-15-25/h6-19,26-27,31-32H,20-21H2,1-5H3/t26-,27-,29+,35?/m1/s1. The van der Waals surface area contributed by atoms with Crippen molar-refractivity contribution in [2.24, 2.45) is 0 Å². The van der Waals surface area contributed by atoms with Gasteiger partial charge in [0.05, 0.1) is 34.1 Å². The first-order valence-corrected chi connectivity index (χ1v) is 16.3. The van der Waals surface area contributed by atoms with Gasteiger partial charge >= 0.3 is 0 Å². The predicted molar refractivity (Wildman–Crippen MR) is 155 cm³/mol. The lowest BCUT2D eigenvalue weighted by atomic mass is 9.97. The number of benzene rings is 3. The van der Waals surface area contributed by atoms with Gasteiger partial charge in [-0.05, 0) is 41.4 Å². The Morgan fingerprint density at radius 2 is 1.36 bits per heavy atom. The number of hydrogen-bond acceptors (Lipinski definition) is 4. The molecule has 0 aliphatic carbocycles. The van der Waals surface area contributed by atoms with E-state index in [1.807, 2.05) is 55.5 Å². The lowest BCUT2D eigenvalue weighted by Gasteiger charge is -2.44. The molecule has 7 heteroatoms. The fourth-order valence-electron chi connectivity index (χ4n) is 4.44. The second-order valence-corrected chi connectivity index (χ2v) is 17.4. The molecule has 0 fully saturated rings. The normalized spacial score (nSPS) is 16.7. The molecule has 0 saturated heterocycles. The zero-order valence-electron chi connectivity index (χ0n) is 21.6. The smallest absolute Gasteiger partial charge is 0.261 e.